The van der Waals surface area contributed by atoms with E-state index in [2.05, 4.69) is 10.1 Å². The monoisotopic (exact) mass is 293 g/mol. The number of carbonyl (C=O) groups excluding carboxylic acids is 1. The van der Waals surface area contributed by atoms with Crippen molar-refractivity contribution in [2.75, 3.05) is 11.9 Å². The number of ether oxygens (including phenoxy) is 2. The maximum Gasteiger partial charge on any atom is 0.387 e. The molecule has 4 nitrogen and oxygen atoms in total. The number of hydrogen-bond donors (Lipinski definition) is 1. The van der Waals surface area contributed by atoms with Crippen LogP contribution < -0.4 is 10.1 Å². The predicted molar refractivity (Wildman–Crippen MR) is 67.8 cm³/mol. The zero-order valence-corrected chi connectivity index (χ0v) is 11.2. The maximum atomic E-state index is 12.0. The van der Waals surface area contributed by atoms with Crippen molar-refractivity contribution in [1.82, 2.24) is 0 Å². The molecule has 106 valence electrons. The van der Waals surface area contributed by atoms with E-state index in [-0.39, 0.29) is 29.4 Å². The zero-order valence-electron chi connectivity index (χ0n) is 10.5. The molecule has 0 aliphatic heterocycles. The standard InChI is InChI=1S/C12H14ClF2NO3/c1-7(2)18-6-11(17)16-8-3-4-10(9(13)5-8)19-12(14)15/h3-5,7,12H,6H2,1-2H3,(H,16,17). The molecule has 0 heterocycles. The minimum absolute atomic E-state index is 0.0112. The summed E-state index contributed by atoms with van der Waals surface area (Å²) in [6.45, 7) is 0.573. The van der Waals surface area contributed by atoms with Gasteiger partial charge in [-0.1, -0.05) is 11.6 Å². The molecule has 1 aromatic carbocycles. The Kier molecular flexibility index (Phi) is 5.98. The summed E-state index contributed by atoms with van der Waals surface area (Å²) >= 11 is 5.74. The first kappa shape index (κ1) is 15.7. The van der Waals surface area contributed by atoms with Gasteiger partial charge in [0.05, 0.1) is 11.1 Å². The summed E-state index contributed by atoms with van der Waals surface area (Å²) in [5, 5.41) is 2.52. The highest BCUT2D eigenvalue weighted by Crippen LogP contribution is 2.28. The number of nitrogens with one attached hydrogen (secondary N) is 1. The van der Waals surface area contributed by atoms with Gasteiger partial charge in [-0.05, 0) is 32.0 Å². The van der Waals surface area contributed by atoms with Crippen LogP contribution in [0.25, 0.3) is 0 Å². The van der Waals surface area contributed by atoms with Gasteiger partial charge in [0.15, 0.2) is 0 Å². The lowest BCUT2D eigenvalue weighted by molar-refractivity contribution is -0.121. The largest absolute Gasteiger partial charge is 0.433 e. The fourth-order valence-electron chi connectivity index (χ4n) is 1.21. The van der Waals surface area contributed by atoms with Crippen LogP contribution in [0, 0.1) is 0 Å². The minimum Gasteiger partial charge on any atom is -0.433 e. The summed E-state index contributed by atoms with van der Waals surface area (Å²) in [6.07, 6.45) is -0.0591. The SMILES string of the molecule is CC(C)OCC(=O)Nc1ccc(OC(F)F)c(Cl)c1. The Bertz CT molecular complexity index is 441. The second-order valence-electron chi connectivity index (χ2n) is 3.93. The van der Waals surface area contributed by atoms with Gasteiger partial charge in [0.1, 0.15) is 12.4 Å². The lowest BCUT2D eigenvalue weighted by Gasteiger charge is -2.10. The van der Waals surface area contributed by atoms with Crippen molar-refractivity contribution in [2.45, 2.75) is 26.6 Å². The number of halogens is 3. The Morgan fingerprint density at radius 3 is 2.63 bits per heavy atom. The molecule has 0 aliphatic carbocycles. The fraction of sp³-hybridized carbons (Fsp3) is 0.417. The third kappa shape index (κ3) is 5.85. The van der Waals surface area contributed by atoms with Crippen molar-refractivity contribution >= 4 is 23.2 Å². The van der Waals surface area contributed by atoms with Gasteiger partial charge in [-0.3, -0.25) is 4.79 Å². The molecule has 0 spiro atoms. The van der Waals surface area contributed by atoms with E-state index in [1.54, 1.807) is 13.8 Å². The van der Waals surface area contributed by atoms with Crippen LogP contribution in [0.3, 0.4) is 0 Å². The molecule has 0 saturated heterocycles. The van der Waals surface area contributed by atoms with E-state index in [1.165, 1.54) is 18.2 Å². The molecular formula is C12H14ClF2NO3. The van der Waals surface area contributed by atoms with Gasteiger partial charge in [-0.2, -0.15) is 8.78 Å². The molecule has 0 saturated carbocycles. The van der Waals surface area contributed by atoms with Crippen LogP contribution >= 0.6 is 11.6 Å². The van der Waals surface area contributed by atoms with Crippen LogP contribution in [0.4, 0.5) is 14.5 Å². The molecule has 0 aromatic heterocycles. The fourth-order valence-corrected chi connectivity index (χ4v) is 1.43. The first-order valence-corrected chi connectivity index (χ1v) is 5.92. The molecule has 7 heteroatoms. The highest BCUT2D eigenvalue weighted by molar-refractivity contribution is 6.32. The number of benzene rings is 1. The molecule has 0 bridgehead atoms. The lowest BCUT2D eigenvalue weighted by atomic mass is 10.3. The molecule has 0 fully saturated rings. The Morgan fingerprint density at radius 1 is 1.42 bits per heavy atom. The number of rotatable bonds is 6. The first-order chi connectivity index (χ1) is 8.88. The minimum atomic E-state index is -2.95. The summed E-state index contributed by atoms with van der Waals surface area (Å²) in [5.74, 6) is -0.500. The highest BCUT2D eigenvalue weighted by Gasteiger charge is 2.10. The molecule has 0 radical (unpaired) electrons. The summed E-state index contributed by atoms with van der Waals surface area (Å²) in [5.41, 5.74) is 0.379. The average Bonchev–Trinajstić information content (AvgIpc) is 2.29. The van der Waals surface area contributed by atoms with Crippen molar-refractivity contribution in [3.63, 3.8) is 0 Å². The third-order valence-electron chi connectivity index (χ3n) is 1.98. The average molecular weight is 294 g/mol. The second-order valence-corrected chi connectivity index (χ2v) is 4.34. The van der Waals surface area contributed by atoms with Gasteiger partial charge >= 0.3 is 6.61 Å². The number of amides is 1. The Balaban J connectivity index is 2.60. The van der Waals surface area contributed by atoms with Gasteiger partial charge in [0, 0.05) is 5.69 Å². The van der Waals surface area contributed by atoms with Crippen LogP contribution in [0.5, 0.6) is 5.75 Å². The Labute approximate surface area is 114 Å². The smallest absolute Gasteiger partial charge is 0.387 e. The number of alkyl halides is 2. The zero-order chi connectivity index (χ0) is 14.4. The van der Waals surface area contributed by atoms with Gasteiger partial charge in [0.25, 0.3) is 0 Å². The molecule has 1 N–H and O–H groups in total. The topological polar surface area (TPSA) is 47.6 Å². The Hall–Kier alpha value is -1.40. The second kappa shape index (κ2) is 7.25. The van der Waals surface area contributed by atoms with E-state index in [0.717, 1.165) is 0 Å². The number of hydrogen-bond acceptors (Lipinski definition) is 3. The van der Waals surface area contributed by atoms with Gasteiger partial charge in [-0.15, -0.1) is 0 Å². The molecule has 1 amide bonds. The van der Waals surface area contributed by atoms with E-state index in [4.69, 9.17) is 16.3 Å². The van der Waals surface area contributed by atoms with Gasteiger partial charge < -0.3 is 14.8 Å². The summed E-state index contributed by atoms with van der Waals surface area (Å²) in [7, 11) is 0. The molecule has 0 unspecified atom stereocenters. The quantitative estimate of drug-likeness (QED) is 0.875. The van der Waals surface area contributed by atoms with E-state index >= 15 is 0 Å². The molecule has 1 rings (SSSR count). The van der Waals surface area contributed by atoms with Crippen molar-refractivity contribution in [3.8, 4) is 5.75 Å². The van der Waals surface area contributed by atoms with Gasteiger partial charge in [-0.25, -0.2) is 0 Å². The van der Waals surface area contributed by atoms with E-state index in [9.17, 15) is 13.6 Å². The van der Waals surface area contributed by atoms with Crippen LogP contribution in [0.15, 0.2) is 18.2 Å². The van der Waals surface area contributed by atoms with Crippen LogP contribution in [0.2, 0.25) is 5.02 Å². The van der Waals surface area contributed by atoms with Crippen molar-refractivity contribution in [1.29, 1.82) is 0 Å². The predicted octanol–water partition coefficient (Wildman–Crippen LogP) is 3.30. The first-order valence-electron chi connectivity index (χ1n) is 5.54. The molecule has 0 atom stereocenters. The maximum absolute atomic E-state index is 12.0. The van der Waals surface area contributed by atoms with E-state index in [1.807, 2.05) is 0 Å². The summed E-state index contributed by atoms with van der Waals surface area (Å²) in [4.78, 5) is 11.5. The van der Waals surface area contributed by atoms with Crippen LogP contribution in [-0.2, 0) is 9.53 Å². The van der Waals surface area contributed by atoms with Crippen LogP contribution in [0.1, 0.15) is 13.8 Å². The summed E-state index contributed by atoms with van der Waals surface area (Å²) < 4.78 is 33.3. The lowest BCUT2D eigenvalue weighted by Crippen LogP contribution is -2.20. The van der Waals surface area contributed by atoms with Crippen molar-refractivity contribution in [2.24, 2.45) is 0 Å². The molecular weight excluding hydrogens is 280 g/mol. The van der Waals surface area contributed by atoms with Crippen LogP contribution in [-0.4, -0.2) is 25.2 Å². The van der Waals surface area contributed by atoms with Gasteiger partial charge in [0.2, 0.25) is 5.91 Å². The highest BCUT2D eigenvalue weighted by atomic mass is 35.5. The molecule has 0 aliphatic rings. The van der Waals surface area contributed by atoms with Crippen molar-refractivity contribution in [3.05, 3.63) is 23.2 Å². The number of carbonyl (C=O) groups is 1. The van der Waals surface area contributed by atoms with Crippen molar-refractivity contribution < 1.29 is 23.0 Å². The summed E-state index contributed by atoms with van der Waals surface area (Å²) in [6, 6.07) is 4.00. The third-order valence-corrected chi connectivity index (χ3v) is 2.27. The van der Waals surface area contributed by atoms with E-state index in [0.29, 0.717) is 5.69 Å². The normalized spacial score (nSPS) is 10.9. The number of anilines is 1. The Morgan fingerprint density at radius 2 is 2.11 bits per heavy atom. The molecule has 1 aromatic rings. The molecule has 19 heavy (non-hydrogen) atoms. The van der Waals surface area contributed by atoms with E-state index < -0.39 is 6.61 Å².